The number of anilines is 1. The molecule has 2 aromatic rings. The summed E-state index contributed by atoms with van der Waals surface area (Å²) >= 11 is 0. The Labute approximate surface area is 230 Å². The predicted molar refractivity (Wildman–Crippen MR) is 156 cm³/mol. The summed E-state index contributed by atoms with van der Waals surface area (Å²) in [7, 11) is 3.13. The Morgan fingerprint density at radius 1 is 0.816 bits per heavy atom. The molecule has 0 spiro atoms. The fraction of sp³-hybridized carbons (Fsp3) is 0.562. The zero-order chi connectivity index (χ0) is 27.9. The molecular weight excluding hydrogens is 476 g/mol. The summed E-state index contributed by atoms with van der Waals surface area (Å²) in [4.78, 5) is 29.6. The topological polar surface area (TPSA) is 67.9 Å². The third kappa shape index (κ3) is 9.07. The van der Waals surface area contributed by atoms with Crippen molar-refractivity contribution in [1.29, 1.82) is 0 Å². The molecule has 0 bridgehead atoms. The van der Waals surface area contributed by atoms with E-state index in [1.165, 1.54) is 0 Å². The van der Waals surface area contributed by atoms with Gasteiger partial charge in [-0.25, -0.2) is 0 Å². The van der Waals surface area contributed by atoms with Crippen molar-refractivity contribution in [3.63, 3.8) is 0 Å². The summed E-state index contributed by atoms with van der Waals surface area (Å²) in [6, 6.07) is 12.4. The summed E-state index contributed by atoms with van der Waals surface area (Å²) in [6.45, 7) is 10.3. The van der Waals surface area contributed by atoms with Gasteiger partial charge >= 0.3 is 0 Å². The van der Waals surface area contributed by atoms with E-state index in [1.807, 2.05) is 11.0 Å². The zero-order valence-electron chi connectivity index (χ0n) is 24.3. The monoisotopic (exact) mass is 524 g/mol. The van der Waals surface area contributed by atoms with Gasteiger partial charge in [0.25, 0.3) is 11.8 Å². The van der Waals surface area contributed by atoms with Crippen molar-refractivity contribution in [1.82, 2.24) is 4.90 Å². The first kappa shape index (κ1) is 31.2. The highest BCUT2D eigenvalue weighted by atomic mass is 16.5. The van der Waals surface area contributed by atoms with Crippen LogP contribution in [0.15, 0.2) is 42.5 Å². The molecule has 0 aromatic heterocycles. The van der Waals surface area contributed by atoms with Crippen LogP contribution >= 0.6 is 0 Å². The van der Waals surface area contributed by atoms with E-state index < -0.39 is 0 Å². The summed E-state index contributed by atoms with van der Waals surface area (Å²) < 4.78 is 10.7. The van der Waals surface area contributed by atoms with Gasteiger partial charge in [0.15, 0.2) is 0 Å². The molecule has 6 nitrogen and oxygen atoms in total. The third-order valence-electron chi connectivity index (χ3n) is 7.39. The van der Waals surface area contributed by atoms with E-state index in [1.54, 1.807) is 50.6 Å². The minimum Gasteiger partial charge on any atom is -0.497 e. The van der Waals surface area contributed by atoms with Crippen molar-refractivity contribution in [2.24, 2.45) is 11.8 Å². The van der Waals surface area contributed by atoms with Crippen molar-refractivity contribution >= 4 is 17.5 Å². The molecule has 0 heterocycles. The molecule has 2 unspecified atom stereocenters. The first-order chi connectivity index (χ1) is 18.4. The number of rotatable bonds is 17. The summed E-state index contributed by atoms with van der Waals surface area (Å²) in [5.74, 6) is 1.60. The van der Waals surface area contributed by atoms with E-state index in [-0.39, 0.29) is 11.8 Å². The van der Waals surface area contributed by atoms with Crippen LogP contribution in [0, 0.1) is 11.8 Å². The van der Waals surface area contributed by atoms with Crippen LogP contribution in [0.2, 0.25) is 0 Å². The highest BCUT2D eigenvalue weighted by molar-refractivity contribution is 6.12. The zero-order valence-corrected chi connectivity index (χ0v) is 24.3. The molecule has 0 aliphatic rings. The molecule has 0 aliphatic heterocycles. The highest BCUT2D eigenvalue weighted by Crippen LogP contribution is 2.30. The number of amides is 2. The van der Waals surface area contributed by atoms with Crippen LogP contribution in [0.3, 0.4) is 0 Å². The Kier molecular flexibility index (Phi) is 13.7. The van der Waals surface area contributed by atoms with Crippen LogP contribution in [0.5, 0.6) is 11.5 Å². The molecule has 2 aromatic carbocycles. The Hall–Kier alpha value is -3.02. The number of carbonyl (C=O) groups is 2. The van der Waals surface area contributed by atoms with E-state index in [2.05, 4.69) is 33.0 Å². The van der Waals surface area contributed by atoms with E-state index in [0.717, 1.165) is 64.5 Å². The van der Waals surface area contributed by atoms with Crippen molar-refractivity contribution in [2.75, 3.05) is 32.6 Å². The van der Waals surface area contributed by atoms with Crippen LogP contribution in [0.25, 0.3) is 0 Å². The molecule has 6 heteroatoms. The first-order valence-corrected chi connectivity index (χ1v) is 14.3. The lowest BCUT2D eigenvalue weighted by molar-refractivity contribution is 0.0681. The Balaban J connectivity index is 2.38. The van der Waals surface area contributed by atoms with Gasteiger partial charge in [-0.1, -0.05) is 78.4 Å². The van der Waals surface area contributed by atoms with Gasteiger partial charge in [0.05, 0.1) is 31.0 Å². The first-order valence-electron chi connectivity index (χ1n) is 14.3. The number of unbranched alkanes of at least 4 members (excludes halogenated alkanes) is 2. The number of nitrogens with zero attached hydrogens (tertiary/aromatic N) is 1. The molecule has 210 valence electrons. The number of hydrogen-bond donors (Lipinski definition) is 1. The van der Waals surface area contributed by atoms with Gasteiger partial charge in [0, 0.05) is 19.2 Å². The second-order valence-corrected chi connectivity index (χ2v) is 10.1. The predicted octanol–water partition coefficient (Wildman–Crippen LogP) is 7.83. The fourth-order valence-corrected chi connectivity index (χ4v) is 4.84. The average Bonchev–Trinajstić information content (AvgIpc) is 2.95. The molecule has 0 radical (unpaired) electrons. The number of methoxy groups -OCH3 is 2. The van der Waals surface area contributed by atoms with Crippen molar-refractivity contribution in [3.05, 3.63) is 53.6 Å². The molecule has 2 atom stereocenters. The Morgan fingerprint density at radius 3 is 1.89 bits per heavy atom. The van der Waals surface area contributed by atoms with Gasteiger partial charge < -0.3 is 19.7 Å². The number of carbonyl (C=O) groups excluding carboxylic acids is 2. The number of ether oxygens (including phenoxy) is 2. The maximum absolute atomic E-state index is 14.1. The van der Waals surface area contributed by atoms with E-state index in [9.17, 15) is 9.59 Å². The van der Waals surface area contributed by atoms with Gasteiger partial charge in [-0.3, -0.25) is 9.59 Å². The quantitative estimate of drug-likeness (QED) is 0.229. The number of benzene rings is 2. The molecule has 2 rings (SSSR count). The van der Waals surface area contributed by atoms with Crippen molar-refractivity contribution < 1.29 is 19.1 Å². The number of hydrogen-bond acceptors (Lipinski definition) is 4. The average molecular weight is 525 g/mol. The Morgan fingerprint density at radius 2 is 1.39 bits per heavy atom. The SMILES string of the molecule is CCCCC(CC)CN(CC(CC)CCCC)C(=O)c1ccccc1C(=O)Nc1cc(OC)ccc1OC. The summed E-state index contributed by atoms with van der Waals surface area (Å²) in [5, 5.41) is 2.93. The molecule has 2 amide bonds. The molecule has 38 heavy (non-hydrogen) atoms. The smallest absolute Gasteiger partial charge is 0.256 e. The van der Waals surface area contributed by atoms with Crippen LogP contribution in [0.1, 0.15) is 99.8 Å². The molecular formula is C32H48N2O4. The van der Waals surface area contributed by atoms with E-state index >= 15 is 0 Å². The minimum absolute atomic E-state index is 0.0711. The Bertz CT molecular complexity index is 989. The van der Waals surface area contributed by atoms with Crippen LogP contribution in [0.4, 0.5) is 5.69 Å². The maximum atomic E-state index is 14.1. The van der Waals surface area contributed by atoms with Gasteiger partial charge in [-0.05, 0) is 48.9 Å². The lowest BCUT2D eigenvalue weighted by atomic mass is 9.94. The summed E-state index contributed by atoms with van der Waals surface area (Å²) in [6.07, 6.45) is 8.91. The van der Waals surface area contributed by atoms with Crippen molar-refractivity contribution in [3.8, 4) is 11.5 Å². The summed E-state index contributed by atoms with van der Waals surface area (Å²) in [5.41, 5.74) is 1.28. The molecule has 0 saturated carbocycles. The largest absolute Gasteiger partial charge is 0.497 e. The van der Waals surface area contributed by atoms with Crippen molar-refractivity contribution in [2.45, 2.75) is 79.1 Å². The van der Waals surface area contributed by atoms with Gasteiger partial charge in [0.1, 0.15) is 11.5 Å². The van der Waals surface area contributed by atoms with E-state index in [0.29, 0.717) is 40.1 Å². The van der Waals surface area contributed by atoms with Gasteiger partial charge in [-0.2, -0.15) is 0 Å². The standard InChI is InChI=1S/C32H48N2O4/c1-7-11-15-24(9-3)22-34(23-25(10-4)16-12-8-2)32(36)28-18-14-13-17-27(28)31(35)33-29-21-26(37-5)19-20-30(29)38-6/h13-14,17-21,24-25H,7-12,15-16,22-23H2,1-6H3,(H,33,35). The molecule has 1 N–H and O–H groups in total. The van der Waals surface area contributed by atoms with Gasteiger partial charge in [0.2, 0.25) is 0 Å². The van der Waals surface area contributed by atoms with Gasteiger partial charge in [-0.15, -0.1) is 0 Å². The lowest BCUT2D eigenvalue weighted by Gasteiger charge is -2.31. The van der Waals surface area contributed by atoms with E-state index in [4.69, 9.17) is 9.47 Å². The minimum atomic E-state index is -0.350. The number of nitrogens with one attached hydrogen (secondary N) is 1. The normalized spacial score (nSPS) is 12.5. The molecule has 0 aliphatic carbocycles. The van der Waals surface area contributed by atoms with Crippen LogP contribution in [-0.4, -0.2) is 44.0 Å². The molecule has 0 saturated heterocycles. The van der Waals surface area contributed by atoms with Crippen LogP contribution in [-0.2, 0) is 0 Å². The lowest BCUT2D eigenvalue weighted by Crippen LogP contribution is -2.39. The maximum Gasteiger partial charge on any atom is 0.256 e. The highest BCUT2D eigenvalue weighted by Gasteiger charge is 2.26. The second-order valence-electron chi connectivity index (χ2n) is 10.1. The van der Waals surface area contributed by atoms with Crippen LogP contribution < -0.4 is 14.8 Å². The fourth-order valence-electron chi connectivity index (χ4n) is 4.84. The molecule has 0 fully saturated rings. The second kappa shape index (κ2) is 16.7. The third-order valence-corrected chi connectivity index (χ3v) is 7.39.